The van der Waals surface area contributed by atoms with Gasteiger partial charge in [0.15, 0.2) is 0 Å². The van der Waals surface area contributed by atoms with Gasteiger partial charge in [0.1, 0.15) is 12.6 Å². The van der Waals surface area contributed by atoms with Crippen molar-refractivity contribution in [3.05, 3.63) is 63.1 Å². The van der Waals surface area contributed by atoms with Crippen LogP contribution in [0.3, 0.4) is 0 Å². The zero-order valence-electron chi connectivity index (χ0n) is 20.1. The summed E-state index contributed by atoms with van der Waals surface area (Å²) in [6.45, 7) is 7.20. The van der Waals surface area contributed by atoms with Gasteiger partial charge in [-0.1, -0.05) is 54.4 Å². The fraction of sp³-hybridized carbons (Fsp3) is 0.417. The summed E-state index contributed by atoms with van der Waals surface area (Å²) in [7, 11) is -3.79. The maximum Gasteiger partial charge on any atom is 0.244 e. The van der Waals surface area contributed by atoms with Crippen LogP contribution in [0.2, 0.25) is 10.0 Å². The van der Waals surface area contributed by atoms with Crippen molar-refractivity contribution in [1.82, 2.24) is 10.2 Å². The van der Waals surface area contributed by atoms with Gasteiger partial charge in [-0.15, -0.1) is 0 Å². The molecule has 0 bridgehead atoms. The van der Waals surface area contributed by atoms with Crippen LogP contribution in [-0.2, 0) is 26.2 Å². The Bertz CT molecular complexity index is 1130. The van der Waals surface area contributed by atoms with E-state index in [1.165, 1.54) is 4.90 Å². The van der Waals surface area contributed by atoms with Gasteiger partial charge in [0, 0.05) is 13.1 Å². The molecule has 10 heteroatoms. The maximum atomic E-state index is 13.6. The van der Waals surface area contributed by atoms with Crippen molar-refractivity contribution in [1.29, 1.82) is 0 Å². The number of carbonyl (C=O) groups is 2. The van der Waals surface area contributed by atoms with E-state index in [4.69, 9.17) is 23.2 Å². The molecule has 2 aromatic carbocycles. The Hall–Kier alpha value is -2.29. The van der Waals surface area contributed by atoms with Gasteiger partial charge < -0.3 is 10.2 Å². The number of hydrogen-bond acceptors (Lipinski definition) is 4. The molecule has 186 valence electrons. The van der Waals surface area contributed by atoms with Crippen molar-refractivity contribution < 1.29 is 18.0 Å². The Morgan fingerprint density at radius 2 is 1.68 bits per heavy atom. The zero-order chi connectivity index (χ0) is 25.6. The molecule has 1 atom stereocenters. The van der Waals surface area contributed by atoms with E-state index in [0.29, 0.717) is 27.8 Å². The number of amides is 2. The Kier molecular flexibility index (Phi) is 9.79. The molecule has 2 rings (SSSR count). The Morgan fingerprint density at radius 1 is 1.06 bits per heavy atom. The first-order valence-corrected chi connectivity index (χ1v) is 13.5. The highest BCUT2D eigenvalue weighted by atomic mass is 35.5. The summed E-state index contributed by atoms with van der Waals surface area (Å²) in [6.07, 6.45) is 1.81. The minimum Gasteiger partial charge on any atom is -0.354 e. The van der Waals surface area contributed by atoms with Gasteiger partial charge in [0.2, 0.25) is 21.8 Å². The SMILES string of the molecule is CCCNC(=O)[C@@H](C)N(Cc1ccc(Cl)c(Cl)c1)C(=O)CN(c1c(C)cccc1C)S(C)(=O)=O. The predicted molar refractivity (Wildman–Crippen MR) is 138 cm³/mol. The second-order valence-electron chi connectivity index (χ2n) is 8.25. The van der Waals surface area contributed by atoms with Gasteiger partial charge in [-0.2, -0.15) is 0 Å². The van der Waals surface area contributed by atoms with E-state index in [1.54, 1.807) is 51.1 Å². The number of nitrogens with one attached hydrogen (secondary N) is 1. The third kappa shape index (κ3) is 7.10. The maximum absolute atomic E-state index is 13.6. The molecule has 0 unspecified atom stereocenters. The van der Waals surface area contributed by atoms with Gasteiger partial charge in [0.25, 0.3) is 0 Å². The summed E-state index contributed by atoms with van der Waals surface area (Å²) in [5.74, 6) is -0.841. The Morgan fingerprint density at radius 3 is 2.21 bits per heavy atom. The van der Waals surface area contributed by atoms with Crippen LogP contribution in [0.1, 0.15) is 37.0 Å². The molecule has 34 heavy (non-hydrogen) atoms. The molecule has 0 aliphatic carbocycles. The summed E-state index contributed by atoms with van der Waals surface area (Å²) in [5, 5.41) is 3.49. The van der Waals surface area contributed by atoms with Crippen molar-refractivity contribution in [3.63, 3.8) is 0 Å². The lowest BCUT2D eigenvalue weighted by Crippen LogP contribution is -2.51. The van der Waals surface area contributed by atoms with Crippen LogP contribution in [0.5, 0.6) is 0 Å². The van der Waals surface area contributed by atoms with Gasteiger partial charge in [0.05, 0.1) is 22.0 Å². The standard InChI is InChI=1S/C24H31Cl2N3O4S/c1-6-12-27-24(31)18(4)28(14-19-10-11-20(25)21(26)13-19)22(30)15-29(34(5,32)33)23-16(2)8-7-9-17(23)3/h7-11,13,18H,6,12,14-15H2,1-5H3,(H,27,31)/t18-/m1/s1. The molecule has 0 heterocycles. The Labute approximate surface area is 212 Å². The summed E-state index contributed by atoms with van der Waals surface area (Å²) < 4.78 is 26.5. The molecule has 0 aromatic heterocycles. The van der Waals surface area contributed by atoms with E-state index in [9.17, 15) is 18.0 Å². The highest BCUT2D eigenvalue weighted by molar-refractivity contribution is 7.92. The number of para-hydroxylation sites is 1. The Balaban J connectivity index is 2.45. The quantitative estimate of drug-likeness (QED) is 0.498. The minimum atomic E-state index is -3.79. The molecule has 0 spiro atoms. The van der Waals surface area contributed by atoms with Crippen LogP contribution >= 0.6 is 23.2 Å². The number of nitrogens with zero attached hydrogens (tertiary/aromatic N) is 2. The molecule has 0 aliphatic heterocycles. The monoisotopic (exact) mass is 527 g/mol. The van der Waals surface area contributed by atoms with Crippen LogP contribution < -0.4 is 9.62 Å². The van der Waals surface area contributed by atoms with E-state index < -0.39 is 28.5 Å². The van der Waals surface area contributed by atoms with Crippen LogP contribution in [0.4, 0.5) is 5.69 Å². The topological polar surface area (TPSA) is 86.8 Å². The number of hydrogen-bond donors (Lipinski definition) is 1. The lowest BCUT2D eigenvalue weighted by molar-refractivity contribution is -0.139. The number of sulfonamides is 1. The fourth-order valence-electron chi connectivity index (χ4n) is 3.59. The van der Waals surface area contributed by atoms with Gasteiger partial charge in [-0.05, 0) is 56.0 Å². The van der Waals surface area contributed by atoms with Crippen LogP contribution in [0.25, 0.3) is 0 Å². The molecular weight excluding hydrogens is 497 g/mol. The molecule has 0 saturated heterocycles. The number of aryl methyl sites for hydroxylation is 2. The highest BCUT2D eigenvalue weighted by Gasteiger charge is 2.31. The molecule has 2 amide bonds. The third-order valence-corrected chi connectivity index (χ3v) is 7.27. The smallest absolute Gasteiger partial charge is 0.244 e. The first-order chi connectivity index (χ1) is 15.9. The highest BCUT2D eigenvalue weighted by Crippen LogP contribution is 2.28. The first kappa shape index (κ1) is 28.0. The lowest BCUT2D eigenvalue weighted by atomic mass is 10.1. The van der Waals surface area contributed by atoms with Gasteiger partial charge in [-0.3, -0.25) is 13.9 Å². The summed E-state index contributed by atoms with van der Waals surface area (Å²) in [6, 6.07) is 9.52. The molecular formula is C24H31Cl2N3O4S. The second kappa shape index (κ2) is 11.9. The van der Waals surface area contributed by atoms with Crippen molar-refractivity contribution in [2.75, 3.05) is 23.7 Å². The van der Waals surface area contributed by atoms with E-state index in [2.05, 4.69) is 5.32 Å². The van der Waals surface area contributed by atoms with E-state index in [0.717, 1.165) is 28.1 Å². The second-order valence-corrected chi connectivity index (χ2v) is 11.0. The average molecular weight is 529 g/mol. The zero-order valence-corrected chi connectivity index (χ0v) is 22.4. The average Bonchev–Trinajstić information content (AvgIpc) is 2.76. The number of anilines is 1. The molecule has 0 aliphatic rings. The predicted octanol–water partition coefficient (Wildman–Crippen LogP) is 4.32. The number of benzene rings is 2. The van der Waals surface area contributed by atoms with E-state index >= 15 is 0 Å². The van der Waals surface area contributed by atoms with Gasteiger partial charge >= 0.3 is 0 Å². The van der Waals surface area contributed by atoms with E-state index in [-0.39, 0.29) is 12.5 Å². The molecule has 0 fully saturated rings. The number of rotatable bonds is 10. The van der Waals surface area contributed by atoms with Gasteiger partial charge in [-0.25, -0.2) is 8.42 Å². The molecule has 7 nitrogen and oxygen atoms in total. The molecule has 0 radical (unpaired) electrons. The minimum absolute atomic E-state index is 0.0563. The number of carbonyl (C=O) groups excluding carboxylic acids is 2. The molecule has 0 saturated carbocycles. The van der Waals surface area contributed by atoms with E-state index in [1.807, 2.05) is 13.0 Å². The third-order valence-electron chi connectivity index (χ3n) is 5.42. The number of halogens is 2. The van der Waals surface area contributed by atoms with Crippen LogP contribution in [0, 0.1) is 13.8 Å². The largest absolute Gasteiger partial charge is 0.354 e. The lowest BCUT2D eigenvalue weighted by Gasteiger charge is -2.32. The molecule has 1 N–H and O–H groups in total. The first-order valence-electron chi connectivity index (χ1n) is 10.9. The normalized spacial score (nSPS) is 12.2. The summed E-state index contributed by atoms with van der Waals surface area (Å²) in [4.78, 5) is 27.6. The van der Waals surface area contributed by atoms with Crippen LogP contribution in [0.15, 0.2) is 36.4 Å². The molecule has 2 aromatic rings. The van der Waals surface area contributed by atoms with Crippen molar-refractivity contribution in [2.24, 2.45) is 0 Å². The summed E-state index contributed by atoms with van der Waals surface area (Å²) in [5.41, 5.74) is 2.57. The summed E-state index contributed by atoms with van der Waals surface area (Å²) >= 11 is 12.2. The van der Waals surface area contributed by atoms with Crippen molar-refractivity contribution >= 4 is 50.7 Å². The van der Waals surface area contributed by atoms with Crippen molar-refractivity contribution in [2.45, 2.75) is 46.7 Å². The fourth-order valence-corrected chi connectivity index (χ4v) is 4.87. The van der Waals surface area contributed by atoms with Crippen LogP contribution in [-0.4, -0.2) is 50.5 Å². The van der Waals surface area contributed by atoms with Crippen molar-refractivity contribution in [3.8, 4) is 0 Å².